The zero-order valence-corrected chi connectivity index (χ0v) is 11.5. The molecule has 3 N–H and O–H groups in total. The molecule has 2 atom stereocenters. The minimum atomic E-state index is -0.840. The number of nitrogens with zero attached hydrogens (tertiary/aromatic N) is 1. The van der Waals surface area contributed by atoms with Crippen molar-refractivity contribution in [3.63, 3.8) is 0 Å². The van der Waals surface area contributed by atoms with Crippen molar-refractivity contribution in [1.29, 1.82) is 0 Å². The van der Waals surface area contributed by atoms with Crippen molar-refractivity contribution in [2.24, 2.45) is 5.92 Å². The second-order valence-electron chi connectivity index (χ2n) is 5.08. The lowest BCUT2D eigenvalue weighted by Crippen LogP contribution is -2.50. The fourth-order valence-electron chi connectivity index (χ4n) is 2.40. The first kappa shape index (κ1) is 15.8. The third-order valence-corrected chi connectivity index (χ3v) is 3.68. The third kappa shape index (κ3) is 5.06. The number of nitrogens with one attached hydrogen (secondary N) is 1. The Hall–Kier alpha value is -1.30. The monoisotopic (exact) mass is 272 g/mol. The van der Waals surface area contributed by atoms with Gasteiger partial charge >= 0.3 is 12.0 Å². The van der Waals surface area contributed by atoms with Crippen molar-refractivity contribution in [3.8, 4) is 0 Å². The zero-order chi connectivity index (χ0) is 14.3. The lowest BCUT2D eigenvalue weighted by atomic mass is 10.0. The number of likely N-dealkylation sites (tertiary alicyclic amines) is 1. The SMILES string of the molecule is CCC(CNC(=O)N1CCCCC1CO)CC(=O)O. The number of rotatable bonds is 6. The van der Waals surface area contributed by atoms with E-state index in [0.29, 0.717) is 13.1 Å². The van der Waals surface area contributed by atoms with E-state index >= 15 is 0 Å². The normalized spacial score (nSPS) is 20.9. The number of piperidine rings is 1. The van der Waals surface area contributed by atoms with Crippen molar-refractivity contribution in [2.45, 2.75) is 45.1 Å². The summed E-state index contributed by atoms with van der Waals surface area (Å²) in [7, 11) is 0. The highest BCUT2D eigenvalue weighted by molar-refractivity contribution is 5.74. The number of amides is 2. The van der Waals surface area contributed by atoms with Gasteiger partial charge in [0, 0.05) is 19.5 Å². The molecular formula is C13H24N2O4. The standard InChI is InChI=1S/C13H24N2O4/c1-2-10(7-12(17)18)8-14-13(19)15-6-4-3-5-11(15)9-16/h10-11,16H,2-9H2,1H3,(H,14,19)(H,17,18). The van der Waals surface area contributed by atoms with Gasteiger partial charge in [-0.1, -0.05) is 13.3 Å². The minimum Gasteiger partial charge on any atom is -0.481 e. The van der Waals surface area contributed by atoms with Gasteiger partial charge in [0.05, 0.1) is 12.6 Å². The summed E-state index contributed by atoms with van der Waals surface area (Å²) < 4.78 is 0. The van der Waals surface area contributed by atoms with Gasteiger partial charge in [0.2, 0.25) is 0 Å². The van der Waals surface area contributed by atoms with Crippen LogP contribution < -0.4 is 5.32 Å². The van der Waals surface area contributed by atoms with E-state index in [1.807, 2.05) is 6.92 Å². The van der Waals surface area contributed by atoms with Crippen LogP contribution in [0.5, 0.6) is 0 Å². The fourth-order valence-corrected chi connectivity index (χ4v) is 2.40. The fraction of sp³-hybridized carbons (Fsp3) is 0.846. The van der Waals surface area contributed by atoms with Crippen LogP contribution in [0.2, 0.25) is 0 Å². The average Bonchev–Trinajstić information content (AvgIpc) is 2.42. The van der Waals surface area contributed by atoms with E-state index in [4.69, 9.17) is 5.11 Å². The summed E-state index contributed by atoms with van der Waals surface area (Å²) >= 11 is 0. The van der Waals surface area contributed by atoms with E-state index in [9.17, 15) is 14.7 Å². The van der Waals surface area contributed by atoms with Gasteiger partial charge in [0.15, 0.2) is 0 Å². The quantitative estimate of drug-likeness (QED) is 0.674. The average molecular weight is 272 g/mol. The highest BCUT2D eigenvalue weighted by Gasteiger charge is 2.26. The second-order valence-corrected chi connectivity index (χ2v) is 5.08. The van der Waals surface area contributed by atoms with Gasteiger partial charge in [0.1, 0.15) is 0 Å². The molecule has 0 aromatic carbocycles. The number of aliphatic hydroxyl groups is 1. The lowest BCUT2D eigenvalue weighted by molar-refractivity contribution is -0.138. The summed E-state index contributed by atoms with van der Waals surface area (Å²) in [5.41, 5.74) is 0. The van der Waals surface area contributed by atoms with Crippen molar-refractivity contribution in [2.75, 3.05) is 19.7 Å². The number of aliphatic carboxylic acids is 1. The molecule has 1 saturated heterocycles. The molecule has 0 saturated carbocycles. The summed E-state index contributed by atoms with van der Waals surface area (Å²) in [5.74, 6) is -0.883. The summed E-state index contributed by atoms with van der Waals surface area (Å²) in [6.45, 7) is 2.93. The van der Waals surface area contributed by atoms with Crippen molar-refractivity contribution in [3.05, 3.63) is 0 Å². The van der Waals surface area contributed by atoms with Gasteiger partial charge in [0.25, 0.3) is 0 Å². The largest absolute Gasteiger partial charge is 0.481 e. The summed E-state index contributed by atoms with van der Waals surface area (Å²) in [5, 5.41) is 20.8. The number of urea groups is 1. The molecule has 0 spiro atoms. The van der Waals surface area contributed by atoms with E-state index in [2.05, 4.69) is 5.32 Å². The van der Waals surface area contributed by atoms with Crippen LogP contribution in [0.1, 0.15) is 39.0 Å². The van der Waals surface area contributed by atoms with Crippen LogP contribution in [0.4, 0.5) is 4.79 Å². The Balaban J connectivity index is 2.42. The summed E-state index contributed by atoms with van der Waals surface area (Å²) in [6, 6.07) is -0.295. The Kier molecular flexibility index (Phi) is 6.62. The molecule has 0 aromatic heterocycles. The number of hydrogen-bond acceptors (Lipinski definition) is 3. The Morgan fingerprint density at radius 1 is 1.42 bits per heavy atom. The molecule has 2 unspecified atom stereocenters. The number of carboxylic acid groups (broad SMARTS) is 1. The topological polar surface area (TPSA) is 89.9 Å². The maximum atomic E-state index is 12.0. The Labute approximate surface area is 113 Å². The van der Waals surface area contributed by atoms with E-state index < -0.39 is 5.97 Å². The molecule has 1 heterocycles. The van der Waals surface area contributed by atoms with Crippen molar-refractivity contribution in [1.82, 2.24) is 10.2 Å². The van der Waals surface area contributed by atoms with Crippen LogP contribution in [0.3, 0.4) is 0 Å². The maximum absolute atomic E-state index is 12.0. The van der Waals surface area contributed by atoms with Gasteiger partial charge in [-0.3, -0.25) is 4.79 Å². The zero-order valence-electron chi connectivity index (χ0n) is 11.5. The van der Waals surface area contributed by atoms with Crippen LogP contribution in [0, 0.1) is 5.92 Å². The van der Waals surface area contributed by atoms with Gasteiger partial charge < -0.3 is 20.4 Å². The molecule has 2 amide bonds. The Morgan fingerprint density at radius 3 is 2.74 bits per heavy atom. The number of aliphatic hydroxyl groups excluding tert-OH is 1. The highest BCUT2D eigenvalue weighted by atomic mass is 16.4. The molecule has 110 valence electrons. The molecule has 6 heteroatoms. The molecule has 1 aliphatic rings. The van der Waals surface area contributed by atoms with Crippen LogP contribution in [-0.2, 0) is 4.79 Å². The summed E-state index contributed by atoms with van der Waals surface area (Å²) in [4.78, 5) is 24.4. The van der Waals surface area contributed by atoms with Gasteiger partial charge in [-0.2, -0.15) is 0 Å². The Bertz CT molecular complexity index is 309. The first-order chi connectivity index (χ1) is 9.08. The number of carbonyl (C=O) groups is 2. The van der Waals surface area contributed by atoms with E-state index in [1.165, 1.54) is 0 Å². The van der Waals surface area contributed by atoms with E-state index in [1.54, 1.807) is 4.90 Å². The predicted octanol–water partition coefficient (Wildman–Crippen LogP) is 1.04. The first-order valence-electron chi connectivity index (χ1n) is 6.95. The van der Waals surface area contributed by atoms with Crippen LogP contribution in [-0.4, -0.2) is 52.9 Å². The highest BCUT2D eigenvalue weighted by Crippen LogP contribution is 2.16. The van der Waals surface area contributed by atoms with Crippen LogP contribution >= 0.6 is 0 Å². The van der Waals surface area contributed by atoms with Gasteiger partial charge in [-0.25, -0.2) is 4.79 Å². The lowest BCUT2D eigenvalue weighted by Gasteiger charge is -2.34. The van der Waals surface area contributed by atoms with E-state index in [0.717, 1.165) is 25.7 Å². The molecule has 1 fully saturated rings. The van der Waals surface area contributed by atoms with Crippen molar-refractivity contribution >= 4 is 12.0 Å². The molecular weight excluding hydrogens is 248 g/mol. The predicted molar refractivity (Wildman–Crippen MR) is 70.9 cm³/mol. The number of hydrogen-bond donors (Lipinski definition) is 3. The molecule has 1 aliphatic heterocycles. The minimum absolute atomic E-state index is 0.0141. The van der Waals surface area contributed by atoms with Crippen molar-refractivity contribution < 1.29 is 19.8 Å². The third-order valence-electron chi connectivity index (χ3n) is 3.68. The molecule has 0 bridgehead atoms. The molecule has 6 nitrogen and oxygen atoms in total. The number of carbonyl (C=O) groups excluding carboxylic acids is 1. The van der Waals surface area contributed by atoms with Gasteiger partial charge in [-0.05, 0) is 25.2 Å². The number of carboxylic acids is 1. The van der Waals surface area contributed by atoms with Gasteiger partial charge in [-0.15, -0.1) is 0 Å². The molecule has 0 radical (unpaired) electrons. The second kappa shape index (κ2) is 7.99. The Morgan fingerprint density at radius 2 is 2.16 bits per heavy atom. The van der Waals surface area contributed by atoms with Crippen LogP contribution in [0.15, 0.2) is 0 Å². The molecule has 0 aliphatic carbocycles. The molecule has 0 aromatic rings. The first-order valence-corrected chi connectivity index (χ1v) is 6.95. The van der Waals surface area contributed by atoms with Crippen LogP contribution in [0.25, 0.3) is 0 Å². The van der Waals surface area contributed by atoms with E-state index in [-0.39, 0.29) is 31.0 Å². The summed E-state index contributed by atoms with van der Waals surface area (Å²) in [6.07, 6.45) is 3.61. The molecule has 1 rings (SSSR count). The molecule has 19 heavy (non-hydrogen) atoms. The smallest absolute Gasteiger partial charge is 0.317 e. The maximum Gasteiger partial charge on any atom is 0.317 e.